The van der Waals surface area contributed by atoms with Gasteiger partial charge in [-0.15, -0.1) is 0 Å². The molecule has 0 bridgehead atoms. The van der Waals surface area contributed by atoms with Crippen molar-refractivity contribution in [3.05, 3.63) is 60.8 Å². The van der Waals surface area contributed by atoms with Crippen LogP contribution in [0.4, 0.5) is 0 Å². The minimum Gasteiger partial charge on any atom is -0.462 e. The van der Waals surface area contributed by atoms with Crippen molar-refractivity contribution in [2.75, 3.05) is 13.2 Å². The summed E-state index contributed by atoms with van der Waals surface area (Å²) in [5.41, 5.74) is 0. The van der Waals surface area contributed by atoms with E-state index in [9.17, 15) is 14.4 Å². The predicted octanol–water partition coefficient (Wildman–Crippen LogP) is 21.6. The SMILES string of the molecule is CC/C=C\C/C=C\C/C=C\C/C=C\CCCCCCC(=O)OC[C@H](COC(=O)CCCCCCCCCCCCC/C=C\CCCCCCCC)OC(=O)CCCCCCCCCCCCCCCCCCC. The summed E-state index contributed by atoms with van der Waals surface area (Å²) in [6.45, 7) is 6.55. The zero-order valence-corrected chi connectivity index (χ0v) is 48.7. The van der Waals surface area contributed by atoms with E-state index >= 15 is 0 Å². The third kappa shape index (κ3) is 59.9. The fourth-order valence-electron chi connectivity index (χ4n) is 9.25. The summed E-state index contributed by atoms with van der Waals surface area (Å²) in [6.07, 6.45) is 77.9. The van der Waals surface area contributed by atoms with Gasteiger partial charge in [0.15, 0.2) is 6.10 Å². The molecule has 0 amide bonds. The van der Waals surface area contributed by atoms with Gasteiger partial charge in [-0.1, -0.05) is 287 Å². The molecule has 0 rings (SSSR count). The smallest absolute Gasteiger partial charge is 0.306 e. The van der Waals surface area contributed by atoms with Crippen molar-refractivity contribution < 1.29 is 28.6 Å². The fourth-order valence-corrected chi connectivity index (χ4v) is 9.25. The van der Waals surface area contributed by atoms with Crippen LogP contribution in [-0.2, 0) is 28.6 Å². The maximum absolute atomic E-state index is 12.9. The van der Waals surface area contributed by atoms with Crippen molar-refractivity contribution in [2.45, 2.75) is 335 Å². The summed E-state index contributed by atoms with van der Waals surface area (Å²) in [4.78, 5) is 38.3. The number of carbonyl (C=O) groups is 3. The van der Waals surface area contributed by atoms with Crippen molar-refractivity contribution in [3.63, 3.8) is 0 Å². The number of rotatable bonds is 58. The maximum atomic E-state index is 12.9. The average Bonchev–Trinajstić information content (AvgIpc) is 3.39. The average molecular weight is 1020 g/mol. The topological polar surface area (TPSA) is 78.9 Å². The van der Waals surface area contributed by atoms with Gasteiger partial charge in [0.25, 0.3) is 0 Å². The highest BCUT2D eigenvalue weighted by atomic mass is 16.6. The summed E-state index contributed by atoms with van der Waals surface area (Å²) in [6, 6.07) is 0. The third-order valence-corrected chi connectivity index (χ3v) is 14.0. The standard InChI is InChI=1S/C67H120O6/c1-4-7-10-13-16-19-22-25-28-31-32-33-34-37-39-42-45-48-51-54-57-60-66(69)72-63-64(73-67(70)61-58-55-52-49-46-43-40-36-30-27-24-21-18-15-12-9-6-3)62-71-65(68)59-56-53-50-47-44-41-38-35-29-26-23-20-17-14-11-8-5-2/h8,11,17,20,25-26,28-29,38,41,64H,4-7,9-10,12-16,18-19,21-24,27,30-37,39-40,42-63H2,1-3H3/b11-8-,20-17-,28-25-,29-26-,41-38-/t64-/m1/s1. The first-order chi connectivity index (χ1) is 36.0. The zero-order chi connectivity index (χ0) is 52.9. The molecule has 0 N–H and O–H groups in total. The largest absolute Gasteiger partial charge is 0.462 e. The first-order valence-electron chi connectivity index (χ1n) is 31.8. The zero-order valence-electron chi connectivity index (χ0n) is 48.7. The molecule has 1 atom stereocenters. The summed E-state index contributed by atoms with van der Waals surface area (Å²) >= 11 is 0. The molecule has 0 saturated heterocycles. The molecule has 0 aliphatic heterocycles. The second kappa shape index (κ2) is 61.7. The van der Waals surface area contributed by atoms with Crippen LogP contribution in [0.3, 0.4) is 0 Å². The van der Waals surface area contributed by atoms with E-state index in [-0.39, 0.29) is 31.1 Å². The molecule has 0 saturated carbocycles. The number of allylic oxidation sites excluding steroid dienone is 10. The van der Waals surface area contributed by atoms with Crippen molar-refractivity contribution >= 4 is 17.9 Å². The molecule has 0 fully saturated rings. The Balaban J connectivity index is 4.36. The molecule has 73 heavy (non-hydrogen) atoms. The van der Waals surface area contributed by atoms with Gasteiger partial charge in [0.1, 0.15) is 13.2 Å². The molecule has 0 aromatic carbocycles. The lowest BCUT2D eigenvalue weighted by Gasteiger charge is -2.18. The van der Waals surface area contributed by atoms with Gasteiger partial charge < -0.3 is 14.2 Å². The molecule has 424 valence electrons. The molecule has 0 spiro atoms. The van der Waals surface area contributed by atoms with Crippen LogP contribution < -0.4 is 0 Å². The highest BCUT2D eigenvalue weighted by molar-refractivity contribution is 5.71. The van der Waals surface area contributed by atoms with Crippen LogP contribution in [-0.4, -0.2) is 37.2 Å². The van der Waals surface area contributed by atoms with Gasteiger partial charge in [0.2, 0.25) is 0 Å². The van der Waals surface area contributed by atoms with Crippen molar-refractivity contribution in [1.29, 1.82) is 0 Å². The van der Waals surface area contributed by atoms with Crippen molar-refractivity contribution in [3.8, 4) is 0 Å². The van der Waals surface area contributed by atoms with Crippen LogP contribution in [0.2, 0.25) is 0 Å². The van der Waals surface area contributed by atoms with E-state index in [2.05, 4.69) is 81.5 Å². The molecular formula is C67H120O6. The third-order valence-electron chi connectivity index (χ3n) is 14.0. The number of hydrogen-bond donors (Lipinski definition) is 0. The van der Waals surface area contributed by atoms with Crippen LogP contribution >= 0.6 is 0 Å². The Morgan fingerprint density at radius 3 is 0.849 bits per heavy atom. The molecule has 6 heteroatoms. The number of hydrogen-bond acceptors (Lipinski definition) is 6. The van der Waals surface area contributed by atoms with Crippen molar-refractivity contribution in [2.24, 2.45) is 0 Å². The summed E-state index contributed by atoms with van der Waals surface area (Å²) < 4.78 is 16.9. The van der Waals surface area contributed by atoms with Crippen LogP contribution in [0, 0.1) is 0 Å². The van der Waals surface area contributed by atoms with Gasteiger partial charge >= 0.3 is 17.9 Å². The normalized spacial score (nSPS) is 12.4. The maximum Gasteiger partial charge on any atom is 0.306 e. The Kier molecular flexibility index (Phi) is 59.2. The molecule has 0 aromatic rings. The first-order valence-corrected chi connectivity index (χ1v) is 31.8. The van der Waals surface area contributed by atoms with E-state index in [0.717, 1.165) is 96.3 Å². The monoisotopic (exact) mass is 1020 g/mol. The van der Waals surface area contributed by atoms with Crippen LogP contribution in [0.25, 0.3) is 0 Å². The van der Waals surface area contributed by atoms with Crippen LogP contribution in [0.1, 0.15) is 329 Å². The van der Waals surface area contributed by atoms with E-state index in [1.54, 1.807) is 0 Å². The summed E-state index contributed by atoms with van der Waals surface area (Å²) in [5.74, 6) is -0.885. The van der Waals surface area contributed by atoms with Crippen molar-refractivity contribution in [1.82, 2.24) is 0 Å². The van der Waals surface area contributed by atoms with Gasteiger partial charge in [-0.25, -0.2) is 0 Å². The minimum atomic E-state index is -0.783. The first kappa shape index (κ1) is 70.1. The number of esters is 3. The van der Waals surface area contributed by atoms with E-state index in [0.29, 0.717) is 19.3 Å². The molecule has 0 aromatic heterocycles. The lowest BCUT2D eigenvalue weighted by atomic mass is 10.0. The number of ether oxygens (including phenoxy) is 3. The minimum absolute atomic E-state index is 0.0792. The molecule has 0 unspecified atom stereocenters. The second-order valence-corrected chi connectivity index (χ2v) is 21.3. The van der Waals surface area contributed by atoms with Crippen LogP contribution in [0.15, 0.2) is 60.8 Å². The Bertz CT molecular complexity index is 1310. The van der Waals surface area contributed by atoms with Gasteiger partial charge in [-0.3, -0.25) is 14.4 Å². The predicted molar refractivity (Wildman–Crippen MR) is 316 cm³/mol. The Morgan fingerprint density at radius 1 is 0.288 bits per heavy atom. The van der Waals surface area contributed by atoms with Gasteiger partial charge in [-0.05, 0) is 83.5 Å². The highest BCUT2D eigenvalue weighted by Gasteiger charge is 2.19. The Morgan fingerprint density at radius 2 is 0.534 bits per heavy atom. The quantitative estimate of drug-likeness (QED) is 0.0261. The van der Waals surface area contributed by atoms with E-state index in [1.807, 2.05) is 0 Å². The number of carbonyl (C=O) groups excluding carboxylic acids is 3. The van der Waals surface area contributed by atoms with Gasteiger partial charge in [0, 0.05) is 19.3 Å². The lowest BCUT2D eigenvalue weighted by Crippen LogP contribution is -2.30. The fraction of sp³-hybridized carbons (Fsp3) is 0.806. The highest BCUT2D eigenvalue weighted by Crippen LogP contribution is 2.17. The van der Waals surface area contributed by atoms with E-state index in [1.165, 1.54) is 193 Å². The Hall–Kier alpha value is -2.89. The molecule has 0 aliphatic rings. The molecular weight excluding hydrogens is 901 g/mol. The number of unbranched alkanes of at least 4 members (excludes halogenated alkanes) is 37. The van der Waals surface area contributed by atoms with E-state index < -0.39 is 6.10 Å². The van der Waals surface area contributed by atoms with Gasteiger partial charge in [-0.2, -0.15) is 0 Å². The van der Waals surface area contributed by atoms with Crippen LogP contribution in [0.5, 0.6) is 0 Å². The summed E-state index contributed by atoms with van der Waals surface area (Å²) in [5, 5.41) is 0. The molecule has 0 radical (unpaired) electrons. The molecule has 6 nitrogen and oxygen atoms in total. The Labute approximate surface area is 453 Å². The van der Waals surface area contributed by atoms with E-state index in [4.69, 9.17) is 14.2 Å². The second-order valence-electron chi connectivity index (χ2n) is 21.3. The molecule has 0 heterocycles. The molecule has 0 aliphatic carbocycles. The lowest BCUT2D eigenvalue weighted by molar-refractivity contribution is -0.167. The summed E-state index contributed by atoms with van der Waals surface area (Å²) in [7, 11) is 0. The van der Waals surface area contributed by atoms with Gasteiger partial charge in [0.05, 0.1) is 0 Å².